The molecule has 6 nitrogen and oxygen atoms in total. The molecule has 1 aromatic carbocycles. The van der Waals surface area contributed by atoms with Gasteiger partial charge in [-0.25, -0.2) is 0 Å². The molecule has 0 fully saturated rings. The highest BCUT2D eigenvalue weighted by Crippen LogP contribution is 2.32. The van der Waals surface area contributed by atoms with E-state index in [9.17, 15) is 14.9 Å². The van der Waals surface area contributed by atoms with Gasteiger partial charge in [-0.2, -0.15) is 5.26 Å². The van der Waals surface area contributed by atoms with E-state index in [1.165, 1.54) is 24.2 Å². The summed E-state index contributed by atoms with van der Waals surface area (Å²) in [7, 11) is 0. The summed E-state index contributed by atoms with van der Waals surface area (Å²) >= 11 is 0. The van der Waals surface area contributed by atoms with Crippen LogP contribution in [0.15, 0.2) is 34.9 Å². The number of carbonyl (C=O) groups excluding carboxylic acids is 2. The molecule has 0 aliphatic carbocycles. The van der Waals surface area contributed by atoms with Crippen molar-refractivity contribution in [2.75, 3.05) is 19.8 Å². The molecular formula is C28H38N2O4. The molecule has 6 heteroatoms. The van der Waals surface area contributed by atoms with Crippen molar-refractivity contribution in [3.8, 4) is 17.6 Å². The quantitative estimate of drug-likeness (QED) is 0.185. The number of imide groups is 1. The van der Waals surface area contributed by atoms with Gasteiger partial charge in [0, 0.05) is 12.1 Å². The van der Waals surface area contributed by atoms with Crippen LogP contribution >= 0.6 is 0 Å². The normalized spacial score (nSPS) is 15.1. The molecule has 0 saturated heterocycles. The summed E-state index contributed by atoms with van der Waals surface area (Å²) in [5.74, 6) is 0.432. The topological polar surface area (TPSA) is 79.6 Å². The van der Waals surface area contributed by atoms with Crippen molar-refractivity contribution >= 4 is 17.9 Å². The van der Waals surface area contributed by atoms with E-state index in [0.717, 1.165) is 37.7 Å². The lowest BCUT2D eigenvalue weighted by atomic mass is 9.93. The van der Waals surface area contributed by atoms with Gasteiger partial charge in [-0.3, -0.25) is 14.5 Å². The fourth-order valence-electron chi connectivity index (χ4n) is 3.91. The smallest absolute Gasteiger partial charge is 0.271 e. The van der Waals surface area contributed by atoms with Crippen LogP contribution in [0.2, 0.25) is 0 Å². The second kappa shape index (κ2) is 14.2. The van der Waals surface area contributed by atoms with Crippen LogP contribution in [0.5, 0.6) is 11.5 Å². The van der Waals surface area contributed by atoms with Gasteiger partial charge in [0.05, 0.1) is 13.2 Å². The number of nitriles is 1. The summed E-state index contributed by atoms with van der Waals surface area (Å²) < 4.78 is 11.8. The minimum atomic E-state index is -0.504. The Labute approximate surface area is 204 Å². The Kier molecular flexibility index (Phi) is 11.4. The summed E-state index contributed by atoms with van der Waals surface area (Å²) in [5, 5.41) is 9.56. The number of benzene rings is 1. The first kappa shape index (κ1) is 27.2. The van der Waals surface area contributed by atoms with Gasteiger partial charge in [0.1, 0.15) is 11.6 Å². The zero-order valence-electron chi connectivity index (χ0n) is 21.1. The summed E-state index contributed by atoms with van der Waals surface area (Å²) in [6.07, 6.45) is 10.2. The van der Waals surface area contributed by atoms with Crippen molar-refractivity contribution in [1.82, 2.24) is 4.90 Å². The van der Waals surface area contributed by atoms with Crippen LogP contribution in [0.3, 0.4) is 0 Å². The van der Waals surface area contributed by atoms with Crippen molar-refractivity contribution in [2.45, 2.75) is 79.1 Å². The third-order valence-corrected chi connectivity index (χ3v) is 5.89. The molecule has 0 atom stereocenters. The average Bonchev–Trinajstić information content (AvgIpc) is 2.83. The minimum Gasteiger partial charge on any atom is -0.490 e. The largest absolute Gasteiger partial charge is 0.490 e. The Morgan fingerprint density at radius 3 is 2.29 bits per heavy atom. The Bertz CT molecular complexity index is 956. The number of rotatable bonds is 14. The Hall–Kier alpha value is -3.07. The number of hydrogen-bond donors (Lipinski definition) is 0. The molecular weight excluding hydrogens is 428 g/mol. The van der Waals surface area contributed by atoms with Crippen molar-refractivity contribution in [3.05, 3.63) is 40.5 Å². The lowest BCUT2D eigenvalue weighted by Crippen LogP contribution is -2.43. The van der Waals surface area contributed by atoms with Gasteiger partial charge in [0.2, 0.25) is 0 Å². The SMILES string of the molecule is CCCCCCCOc1ccc(/C=C2/C(=O)N(CCCCC)C(=O)C(C#N)=C2C)cc1OCC. The highest BCUT2D eigenvalue weighted by atomic mass is 16.5. The zero-order valence-corrected chi connectivity index (χ0v) is 21.1. The molecule has 1 heterocycles. The molecule has 0 radical (unpaired) electrons. The minimum absolute atomic E-state index is 0.0235. The average molecular weight is 467 g/mol. The van der Waals surface area contributed by atoms with Crippen LogP contribution < -0.4 is 9.47 Å². The molecule has 0 bridgehead atoms. The van der Waals surface area contributed by atoms with E-state index in [1.54, 1.807) is 13.0 Å². The van der Waals surface area contributed by atoms with Crippen molar-refractivity contribution in [2.24, 2.45) is 0 Å². The molecule has 0 spiro atoms. The zero-order chi connectivity index (χ0) is 24.9. The Balaban J connectivity index is 2.28. The van der Waals surface area contributed by atoms with Crippen LogP contribution in [0.1, 0.15) is 84.6 Å². The molecule has 1 aliphatic heterocycles. The molecule has 0 saturated carbocycles. The van der Waals surface area contributed by atoms with Crippen molar-refractivity contribution in [1.29, 1.82) is 5.26 Å². The van der Waals surface area contributed by atoms with E-state index < -0.39 is 5.91 Å². The van der Waals surface area contributed by atoms with Gasteiger partial charge in [0.15, 0.2) is 11.5 Å². The maximum absolute atomic E-state index is 13.2. The van der Waals surface area contributed by atoms with E-state index >= 15 is 0 Å². The molecule has 0 N–H and O–H groups in total. The molecule has 0 unspecified atom stereocenters. The van der Waals surface area contributed by atoms with Gasteiger partial charge < -0.3 is 9.47 Å². The predicted molar refractivity (Wildman–Crippen MR) is 134 cm³/mol. The number of ether oxygens (including phenoxy) is 2. The van der Waals surface area contributed by atoms with Gasteiger partial charge >= 0.3 is 0 Å². The van der Waals surface area contributed by atoms with Crippen LogP contribution in [0.4, 0.5) is 0 Å². The van der Waals surface area contributed by atoms with E-state index in [2.05, 4.69) is 13.8 Å². The van der Waals surface area contributed by atoms with Crippen LogP contribution in [-0.2, 0) is 9.59 Å². The van der Waals surface area contributed by atoms with Gasteiger partial charge in [-0.1, -0.05) is 58.4 Å². The molecule has 1 aromatic rings. The number of hydrogen-bond acceptors (Lipinski definition) is 5. The fraction of sp³-hybridized carbons (Fsp3) is 0.536. The summed E-state index contributed by atoms with van der Waals surface area (Å²) in [6, 6.07) is 7.55. The first-order valence-electron chi connectivity index (χ1n) is 12.6. The Morgan fingerprint density at radius 2 is 1.62 bits per heavy atom. The van der Waals surface area contributed by atoms with E-state index in [4.69, 9.17) is 9.47 Å². The second-order valence-corrected chi connectivity index (χ2v) is 8.54. The molecule has 2 rings (SSSR count). The third-order valence-electron chi connectivity index (χ3n) is 5.89. The molecule has 0 aromatic heterocycles. The summed E-state index contributed by atoms with van der Waals surface area (Å²) in [6.45, 7) is 9.26. The molecule has 2 amide bonds. The number of amides is 2. The van der Waals surface area contributed by atoms with Gasteiger partial charge in [-0.15, -0.1) is 0 Å². The fourth-order valence-corrected chi connectivity index (χ4v) is 3.91. The third kappa shape index (κ3) is 7.21. The monoisotopic (exact) mass is 466 g/mol. The standard InChI is InChI=1S/C28H38N2O4/c1-5-8-10-11-13-17-34-25-15-14-22(19-26(25)33-7-3)18-23-21(4)24(20-29)28(32)30(27(23)31)16-12-9-6-2/h14-15,18-19H,5-13,16-17H2,1-4H3/b23-18+. The van der Waals surface area contributed by atoms with E-state index in [1.807, 2.05) is 31.2 Å². The lowest BCUT2D eigenvalue weighted by molar-refractivity contribution is -0.140. The van der Waals surface area contributed by atoms with E-state index in [0.29, 0.717) is 42.4 Å². The van der Waals surface area contributed by atoms with Gasteiger partial charge in [0.25, 0.3) is 11.8 Å². The van der Waals surface area contributed by atoms with Crippen LogP contribution in [0, 0.1) is 11.3 Å². The predicted octanol–water partition coefficient (Wildman–Crippen LogP) is 6.22. The number of unbranched alkanes of at least 4 members (excludes halogenated alkanes) is 6. The number of carbonyl (C=O) groups is 2. The molecule has 184 valence electrons. The highest BCUT2D eigenvalue weighted by molar-refractivity contribution is 6.19. The lowest BCUT2D eigenvalue weighted by Gasteiger charge is -2.27. The highest BCUT2D eigenvalue weighted by Gasteiger charge is 2.35. The van der Waals surface area contributed by atoms with Gasteiger partial charge in [-0.05, 0) is 56.0 Å². The van der Waals surface area contributed by atoms with E-state index in [-0.39, 0.29) is 11.5 Å². The van der Waals surface area contributed by atoms with Crippen LogP contribution in [0.25, 0.3) is 6.08 Å². The maximum Gasteiger partial charge on any atom is 0.271 e. The first-order chi connectivity index (χ1) is 16.5. The first-order valence-corrected chi connectivity index (χ1v) is 12.6. The second-order valence-electron chi connectivity index (χ2n) is 8.54. The maximum atomic E-state index is 13.2. The van der Waals surface area contributed by atoms with Crippen molar-refractivity contribution in [3.63, 3.8) is 0 Å². The summed E-state index contributed by atoms with van der Waals surface area (Å²) in [5.41, 5.74) is 1.55. The Morgan fingerprint density at radius 1 is 0.912 bits per heavy atom. The van der Waals surface area contributed by atoms with Crippen LogP contribution in [-0.4, -0.2) is 36.5 Å². The summed E-state index contributed by atoms with van der Waals surface area (Å²) in [4.78, 5) is 27.1. The van der Waals surface area contributed by atoms with Crippen molar-refractivity contribution < 1.29 is 19.1 Å². The number of nitrogens with zero attached hydrogens (tertiary/aromatic N) is 2. The molecule has 1 aliphatic rings. The molecule has 34 heavy (non-hydrogen) atoms.